The number of nitrogens with zero attached hydrogens (tertiary/aromatic N) is 3. The van der Waals surface area contributed by atoms with Crippen LogP contribution in [-0.4, -0.2) is 20.0 Å². The molecule has 2 aromatic carbocycles. The van der Waals surface area contributed by atoms with Crippen molar-refractivity contribution < 1.29 is 8.78 Å². The van der Waals surface area contributed by atoms with Crippen molar-refractivity contribution in [2.24, 2.45) is 0 Å². The molecule has 0 aliphatic heterocycles. The number of aromatic amines is 1. The first kappa shape index (κ1) is 15.2. The van der Waals surface area contributed by atoms with Crippen LogP contribution in [0.2, 0.25) is 0 Å². The number of hydrogen-bond acceptors (Lipinski definition) is 3. The molecule has 0 aliphatic carbocycles. The van der Waals surface area contributed by atoms with Crippen LogP contribution in [0, 0.1) is 11.6 Å². The van der Waals surface area contributed by atoms with Gasteiger partial charge in [-0.25, -0.2) is 13.5 Å². The van der Waals surface area contributed by atoms with E-state index in [0.29, 0.717) is 5.69 Å². The Kier molecular flexibility index (Phi) is 3.61. The minimum absolute atomic E-state index is 0.242. The number of halogens is 2. The quantitative estimate of drug-likeness (QED) is 0.624. The van der Waals surface area contributed by atoms with Crippen molar-refractivity contribution in [1.29, 1.82) is 0 Å². The van der Waals surface area contributed by atoms with Crippen molar-refractivity contribution in [2.75, 3.05) is 0 Å². The molecular formula is C18H12F2N4O. The molecular weight excluding hydrogens is 326 g/mol. The van der Waals surface area contributed by atoms with Crippen LogP contribution in [0.25, 0.3) is 22.2 Å². The fraction of sp³-hybridized carbons (Fsp3) is 0.0556. The van der Waals surface area contributed by atoms with Gasteiger partial charge in [0, 0.05) is 23.1 Å². The number of H-pyrrole nitrogens is 1. The number of benzene rings is 2. The molecule has 7 heteroatoms. The van der Waals surface area contributed by atoms with Crippen molar-refractivity contribution in [1.82, 2.24) is 20.0 Å². The second-order valence-corrected chi connectivity index (χ2v) is 5.66. The van der Waals surface area contributed by atoms with Gasteiger partial charge in [-0.05, 0) is 35.9 Å². The van der Waals surface area contributed by atoms with Crippen molar-refractivity contribution >= 4 is 10.9 Å². The number of hydrogen-bond donors (Lipinski definition) is 1. The molecule has 25 heavy (non-hydrogen) atoms. The minimum atomic E-state index is -0.694. The summed E-state index contributed by atoms with van der Waals surface area (Å²) in [5, 5.41) is 12.0. The van der Waals surface area contributed by atoms with Crippen LogP contribution < -0.4 is 5.56 Å². The highest BCUT2D eigenvalue weighted by atomic mass is 19.1. The third-order valence-electron chi connectivity index (χ3n) is 3.86. The lowest BCUT2D eigenvalue weighted by Gasteiger charge is -2.08. The fourth-order valence-corrected chi connectivity index (χ4v) is 2.68. The van der Waals surface area contributed by atoms with Crippen LogP contribution in [0.5, 0.6) is 0 Å². The van der Waals surface area contributed by atoms with E-state index in [1.807, 2.05) is 18.2 Å². The Morgan fingerprint density at radius 1 is 1.00 bits per heavy atom. The third kappa shape index (κ3) is 3.03. The normalized spacial score (nSPS) is 11.1. The maximum atomic E-state index is 13.4. The van der Waals surface area contributed by atoms with Crippen molar-refractivity contribution in [3.63, 3.8) is 0 Å². The van der Waals surface area contributed by atoms with Gasteiger partial charge >= 0.3 is 0 Å². The van der Waals surface area contributed by atoms with Gasteiger partial charge in [-0.1, -0.05) is 6.07 Å². The van der Waals surface area contributed by atoms with Crippen LogP contribution in [0.15, 0.2) is 59.5 Å². The van der Waals surface area contributed by atoms with Crippen molar-refractivity contribution in [3.05, 3.63) is 82.3 Å². The van der Waals surface area contributed by atoms with E-state index in [1.54, 1.807) is 6.20 Å². The fourth-order valence-electron chi connectivity index (χ4n) is 2.68. The van der Waals surface area contributed by atoms with E-state index in [4.69, 9.17) is 0 Å². The summed E-state index contributed by atoms with van der Waals surface area (Å²) in [6, 6.07) is 11.6. The van der Waals surface area contributed by atoms with Gasteiger partial charge in [-0.15, -0.1) is 0 Å². The van der Waals surface area contributed by atoms with Gasteiger partial charge < -0.3 is 0 Å². The van der Waals surface area contributed by atoms with Crippen LogP contribution in [0.3, 0.4) is 0 Å². The summed E-state index contributed by atoms with van der Waals surface area (Å²) in [4.78, 5) is 12.1. The monoisotopic (exact) mass is 338 g/mol. The summed E-state index contributed by atoms with van der Waals surface area (Å²) in [5.41, 5.74) is 2.06. The molecule has 5 nitrogen and oxygen atoms in total. The topological polar surface area (TPSA) is 63.6 Å². The van der Waals surface area contributed by atoms with E-state index >= 15 is 0 Å². The second kappa shape index (κ2) is 5.94. The molecule has 0 spiro atoms. The molecule has 0 saturated carbocycles. The SMILES string of the molecule is O=c1ccc(-c2cc(F)cc(F)c2)nn1Cc1ccc2[nH]ncc2c1. The molecule has 0 unspecified atom stereocenters. The van der Waals surface area contributed by atoms with Crippen LogP contribution >= 0.6 is 0 Å². The summed E-state index contributed by atoms with van der Waals surface area (Å²) < 4.78 is 28.1. The first-order chi connectivity index (χ1) is 12.1. The average molecular weight is 338 g/mol. The summed E-state index contributed by atoms with van der Waals surface area (Å²) >= 11 is 0. The maximum absolute atomic E-state index is 13.4. The number of rotatable bonds is 3. The average Bonchev–Trinajstić information content (AvgIpc) is 3.03. The predicted octanol–water partition coefficient (Wildman–Crippen LogP) is 3.11. The van der Waals surface area contributed by atoms with E-state index < -0.39 is 11.6 Å². The Hall–Kier alpha value is -3.35. The van der Waals surface area contributed by atoms with Crippen LogP contribution in [0.4, 0.5) is 8.78 Å². The van der Waals surface area contributed by atoms with Gasteiger partial charge in [-0.2, -0.15) is 10.2 Å². The molecule has 2 heterocycles. The van der Waals surface area contributed by atoms with E-state index in [9.17, 15) is 13.6 Å². The zero-order chi connectivity index (χ0) is 17.4. The van der Waals surface area contributed by atoms with Gasteiger partial charge in [0.2, 0.25) is 0 Å². The number of aromatic nitrogens is 4. The van der Waals surface area contributed by atoms with E-state index in [2.05, 4.69) is 15.3 Å². The molecule has 0 aliphatic rings. The predicted molar refractivity (Wildman–Crippen MR) is 89.0 cm³/mol. The smallest absolute Gasteiger partial charge is 0.267 e. The van der Waals surface area contributed by atoms with Gasteiger partial charge in [0.1, 0.15) is 11.6 Å². The Labute approximate surface area is 140 Å². The highest BCUT2D eigenvalue weighted by molar-refractivity contribution is 5.78. The summed E-state index contributed by atoms with van der Waals surface area (Å²) in [7, 11) is 0. The van der Waals surface area contributed by atoms with Crippen LogP contribution in [-0.2, 0) is 6.54 Å². The summed E-state index contributed by atoms with van der Waals surface area (Å²) in [6.45, 7) is 0.242. The standard InChI is InChI=1S/C18H12F2N4O/c19-14-6-12(7-15(20)8-14)17-3-4-18(25)24(23-17)10-11-1-2-16-13(5-11)9-21-22-16/h1-9H,10H2,(H,21,22). The van der Waals surface area contributed by atoms with Gasteiger partial charge in [-0.3, -0.25) is 9.89 Å². The highest BCUT2D eigenvalue weighted by Gasteiger charge is 2.08. The van der Waals surface area contributed by atoms with Crippen LogP contribution in [0.1, 0.15) is 5.56 Å². The van der Waals surface area contributed by atoms with E-state index in [0.717, 1.165) is 22.5 Å². The van der Waals surface area contributed by atoms with Crippen molar-refractivity contribution in [3.8, 4) is 11.3 Å². The molecule has 0 saturated heterocycles. The highest BCUT2D eigenvalue weighted by Crippen LogP contribution is 2.19. The molecule has 4 aromatic rings. The number of nitrogens with one attached hydrogen (secondary N) is 1. The minimum Gasteiger partial charge on any atom is -0.278 e. The zero-order valence-corrected chi connectivity index (χ0v) is 12.9. The molecule has 0 amide bonds. The molecule has 1 N–H and O–H groups in total. The summed E-state index contributed by atoms with van der Waals surface area (Å²) in [5.74, 6) is -1.39. The van der Waals surface area contributed by atoms with Gasteiger partial charge in [0.05, 0.1) is 24.0 Å². The maximum Gasteiger partial charge on any atom is 0.267 e. The molecule has 124 valence electrons. The molecule has 0 fully saturated rings. The second-order valence-electron chi connectivity index (χ2n) is 5.66. The Morgan fingerprint density at radius 2 is 1.80 bits per heavy atom. The summed E-state index contributed by atoms with van der Waals surface area (Å²) in [6.07, 6.45) is 1.70. The Morgan fingerprint density at radius 3 is 2.60 bits per heavy atom. The lowest BCUT2D eigenvalue weighted by molar-refractivity contribution is 0.583. The molecule has 4 rings (SSSR count). The molecule has 0 bridgehead atoms. The third-order valence-corrected chi connectivity index (χ3v) is 3.86. The Balaban J connectivity index is 1.73. The first-order valence-corrected chi connectivity index (χ1v) is 7.55. The first-order valence-electron chi connectivity index (χ1n) is 7.55. The molecule has 0 radical (unpaired) electrons. The number of fused-ring (bicyclic) bond motifs is 1. The lowest BCUT2D eigenvalue weighted by atomic mass is 10.1. The lowest BCUT2D eigenvalue weighted by Crippen LogP contribution is -2.22. The zero-order valence-electron chi connectivity index (χ0n) is 12.9. The van der Waals surface area contributed by atoms with Gasteiger partial charge in [0.15, 0.2) is 0 Å². The van der Waals surface area contributed by atoms with E-state index in [-0.39, 0.29) is 17.7 Å². The molecule has 2 aromatic heterocycles. The Bertz CT molecular complexity index is 1110. The van der Waals surface area contributed by atoms with E-state index in [1.165, 1.54) is 28.9 Å². The van der Waals surface area contributed by atoms with Crippen molar-refractivity contribution in [2.45, 2.75) is 6.54 Å². The largest absolute Gasteiger partial charge is 0.278 e. The molecule has 0 atom stereocenters. The van der Waals surface area contributed by atoms with Gasteiger partial charge in [0.25, 0.3) is 5.56 Å².